The molecule has 2 heterocycles. The van der Waals surface area contributed by atoms with E-state index in [0.717, 1.165) is 22.5 Å². The average Bonchev–Trinajstić information content (AvgIpc) is 3.10. The molecule has 0 aliphatic carbocycles. The Hall–Kier alpha value is -3.48. The van der Waals surface area contributed by atoms with E-state index in [1.807, 2.05) is 32.0 Å². The zero-order valence-electron chi connectivity index (χ0n) is 16.2. The number of rotatable bonds is 4. The molecule has 1 aromatic heterocycles. The van der Waals surface area contributed by atoms with E-state index in [9.17, 15) is 14.0 Å². The molecule has 2 aromatic carbocycles. The second kappa shape index (κ2) is 7.50. The van der Waals surface area contributed by atoms with Gasteiger partial charge in [0.05, 0.1) is 11.7 Å². The van der Waals surface area contributed by atoms with Crippen molar-refractivity contribution in [1.82, 2.24) is 15.1 Å². The standard InChI is InChI=1S/C22H21FN4O2/c1-13-11-20(26-27(13)18-7-5-17(23)6-8-18)22(29)24-14(2)15-3-9-19-16(12-15)4-10-21(28)25-19/h3,5-9,11-12,14H,4,10H2,1-2H3,(H,24,29)(H,25,28)/t14-/m1/s1. The van der Waals surface area contributed by atoms with Gasteiger partial charge in [0, 0.05) is 17.8 Å². The summed E-state index contributed by atoms with van der Waals surface area (Å²) in [5.41, 5.74) is 4.62. The summed E-state index contributed by atoms with van der Waals surface area (Å²) in [6, 6.07) is 13.2. The van der Waals surface area contributed by atoms with Crippen LogP contribution in [0.3, 0.4) is 0 Å². The zero-order chi connectivity index (χ0) is 20.5. The van der Waals surface area contributed by atoms with E-state index in [2.05, 4.69) is 15.7 Å². The third-order valence-corrected chi connectivity index (χ3v) is 5.06. The molecule has 4 rings (SSSR count). The molecule has 0 bridgehead atoms. The molecule has 148 valence electrons. The smallest absolute Gasteiger partial charge is 0.272 e. The first-order valence-electron chi connectivity index (χ1n) is 9.47. The Labute approximate surface area is 167 Å². The Kier molecular flexibility index (Phi) is 4.88. The number of aromatic nitrogens is 2. The largest absolute Gasteiger partial charge is 0.344 e. The van der Waals surface area contributed by atoms with Gasteiger partial charge in [0.25, 0.3) is 5.91 Å². The van der Waals surface area contributed by atoms with Crippen LogP contribution in [-0.4, -0.2) is 21.6 Å². The van der Waals surface area contributed by atoms with Crippen LogP contribution in [0.1, 0.15) is 46.7 Å². The zero-order valence-corrected chi connectivity index (χ0v) is 16.2. The second-order valence-electron chi connectivity index (χ2n) is 7.22. The van der Waals surface area contributed by atoms with Crippen molar-refractivity contribution >= 4 is 17.5 Å². The molecule has 2 N–H and O–H groups in total. The van der Waals surface area contributed by atoms with E-state index in [4.69, 9.17) is 0 Å². The minimum Gasteiger partial charge on any atom is -0.344 e. The second-order valence-corrected chi connectivity index (χ2v) is 7.22. The number of nitrogens with zero attached hydrogens (tertiary/aromatic N) is 2. The average molecular weight is 392 g/mol. The van der Waals surface area contributed by atoms with Gasteiger partial charge in [-0.05, 0) is 67.8 Å². The summed E-state index contributed by atoms with van der Waals surface area (Å²) >= 11 is 0. The quantitative estimate of drug-likeness (QED) is 0.711. The Morgan fingerprint density at radius 3 is 2.69 bits per heavy atom. The minimum absolute atomic E-state index is 0.0266. The molecule has 0 unspecified atom stereocenters. The van der Waals surface area contributed by atoms with Gasteiger partial charge in [-0.2, -0.15) is 5.10 Å². The molecule has 0 fully saturated rings. The number of hydrogen-bond donors (Lipinski definition) is 2. The number of halogens is 1. The van der Waals surface area contributed by atoms with E-state index in [1.165, 1.54) is 12.1 Å². The van der Waals surface area contributed by atoms with Crippen LogP contribution < -0.4 is 10.6 Å². The Morgan fingerprint density at radius 1 is 1.17 bits per heavy atom. The monoisotopic (exact) mass is 392 g/mol. The van der Waals surface area contributed by atoms with Crippen LogP contribution in [0.2, 0.25) is 0 Å². The summed E-state index contributed by atoms with van der Waals surface area (Å²) in [6.45, 7) is 3.75. The van der Waals surface area contributed by atoms with E-state index in [1.54, 1.807) is 22.9 Å². The van der Waals surface area contributed by atoms with Crippen molar-refractivity contribution < 1.29 is 14.0 Å². The molecule has 29 heavy (non-hydrogen) atoms. The lowest BCUT2D eigenvalue weighted by Gasteiger charge is -2.20. The maximum absolute atomic E-state index is 13.2. The first-order chi connectivity index (χ1) is 13.9. The fourth-order valence-electron chi connectivity index (χ4n) is 3.46. The number of fused-ring (bicyclic) bond motifs is 1. The number of carbonyl (C=O) groups excluding carboxylic acids is 2. The first-order valence-corrected chi connectivity index (χ1v) is 9.47. The van der Waals surface area contributed by atoms with Crippen molar-refractivity contribution in [3.63, 3.8) is 0 Å². The maximum atomic E-state index is 13.2. The van der Waals surface area contributed by atoms with Gasteiger partial charge in [0.1, 0.15) is 5.82 Å². The molecule has 1 aliphatic rings. The molecule has 7 heteroatoms. The maximum Gasteiger partial charge on any atom is 0.272 e. The summed E-state index contributed by atoms with van der Waals surface area (Å²) in [5, 5.41) is 10.2. The highest BCUT2D eigenvalue weighted by atomic mass is 19.1. The predicted molar refractivity (Wildman–Crippen MR) is 108 cm³/mol. The molecule has 0 saturated heterocycles. The topological polar surface area (TPSA) is 76.0 Å². The summed E-state index contributed by atoms with van der Waals surface area (Å²) in [6.07, 6.45) is 1.16. The van der Waals surface area contributed by atoms with Crippen LogP contribution in [0.25, 0.3) is 5.69 Å². The van der Waals surface area contributed by atoms with Crippen molar-refractivity contribution in [2.24, 2.45) is 0 Å². The van der Waals surface area contributed by atoms with Crippen LogP contribution in [-0.2, 0) is 11.2 Å². The van der Waals surface area contributed by atoms with Gasteiger partial charge in [-0.1, -0.05) is 12.1 Å². The van der Waals surface area contributed by atoms with Crippen LogP contribution in [0.5, 0.6) is 0 Å². The molecule has 0 saturated carbocycles. The SMILES string of the molecule is Cc1cc(C(=O)N[C@H](C)c2ccc3c(c2)CCC(=O)N3)nn1-c1ccc(F)cc1. The molecule has 1 aliphatic heterocycles. The van der Waals surface area contributed by atoms with Crippen LogP contribution in [0.15, 0.2) is 48.5 Å². The lowest BCUT2D eigenvalue weighted by Crippen LogP contribution is -2.27. The molecule has 6 nitrogen and oxygen atoms in total. The van der Waals surface area contributed by atoms with E-state index < -0.39 is 0 Å². The highest BCUT2D eigenvalue weighted by Gasteiger charge is 2.19. The van der Waals surface area contributed by atoms with Gasteiger partial charge in [-0.3, -0.25) is 9.59 Å². The Bertz CT molecular complexity index is 1090. The molecule has 1 atom stereocenters. The molecule has 0 radical (unpaired) electrons. The normalized spacial score (nSPS) is 14.1. The number of amides is 2. The number of aryl methyl sites for hydroxylation is 2. The molecular weight excluding hydrogens is 371 g/mol. The van der Waals surface area contributed by atoms with Crippen molar-refractivity contribution in [2.45, 2.75) is 32.7 Å². The van der Waals surface area contributed by atoms with Crippen LogP contribution in [0.4, 0.5) is 10.1 Å². The highest BCUT2D eigenvalue weighted by molar-refractivity contribution is 5.94. The van der Waals surface area contributed by atoms with Gasteiger partial charge in [0.15, 0.2) is 5.69 Å². The Balaban J connectivity index is 1.50. The van der Waals surface area contributed by atoms with Crippen molar-refractivity contribution in [3.05, 3.63) is 76.9 Å². The lowest BCUT2D eigenvalue weighted by atomic mass is 9.98. The third-order valence-electron chi connectivity index (χ3n) is 5.06. The van der Waals surface area contributed by atoms with Gasteiger partial charge >= 0.3 is 0 Å². The summed E-state index contributed by atoms with van der Waals surface area (Å²) in [5.74, 6) is -0.582. The fourth-order valence-corrected chi connectivity index (χ4v) is 3.46. The molecule has 0 spiro atoms. The van der Waals surface area contributed by atoms with Crippen LogP contribution >= 0.6 is 0 Å². The fraction of sp³-hybridized carbons (Fsp3) is 0.227. The summed E-state index contributed by atoms with van der Waals surface area (Å²) in [7, 11) is 0. The number of anilines is 1. The number of carbonyl (C=O) groups is 2. The van der Waals surface area contributed by atoms with Gasteiger partial charge < -0.3 is 10.6 Å². The summed E-state index contributed by atoms with van der Waals surface area (Å²) in [4.78, 5) is 24.2. The molecular formula is C22H21FN4O2. The third kappa shape index (κ3) is 3.89. The van der Waals surface area contributed by atoms with Crippen LogP contribution in [0, 0.1) is 12.7 Å². The van der Waals surface area contributed by atoms with Gasteiger partial charge in [0.2, 0.25) is 5.91 Å². The van der Waals surface area contributed by atoms with E-state index >= 15 is 0 Å². The predicted octanol–water partition coefficient (Wildman–Crippen LogP) is 3.70. The number of benzene rings is 2. The molecule has 3 aromatic rings. The number of nitrogens with one attached hydrogen (secondary N) is 2. The minimum atomic E-state index is -0.324. The summed E-state index contributed by atoms with van der Waals surface area (Å²) < 4.78 is 14.8. The lowest BCUT2D eigenvalue weighted by molar-refractivity contribution is -0.116. The van der Waals surface area contributed by atoms with E-state index in [-0.39, 0.29) is 23.7 Å². The Morgan fingerprint density at radius 2 is 1.93 bits per heavy atom. The van der Waals surface area contributed by atoms with Crippen molar-refractivity contribution in [1.29, 1.82) is 0 Å². The van der Waals surface area contributed by atoms with Crippen molar-refractivity contribution in [3.8, 4) is 5.69 Å². The van der Waals surface area contributed by atoms with Crippen molar-refractivity contribution in [2.75, 3.05) is 5.32 Å². The highest BCUT2D eigenvalue weighted by Crippen LogP contribution is 2.26. The number of hydrogen-bond acceptors (Lipinski definition) is 3. The van der Waals surface area contributed by atoms with Gasteiger partial charge in [-0.25, -0.2) is 9.07 Å². The first kappa shape index (κ1) is 18.9. The molecule has 2 amide bonds. The van der Waals surface area contributed by atoms with Gasteiger partial charge in [-0.15, -0.1) is 0 Å². The van der Waals surface area contributed by atoms with E-state index in [0.29, 0.717) is 24.2 Å².